The first kappa shape index (κ1) is 62.2. The van der Waals surface area contributed by atoms with Crippen LogP contribution in [0.25, 0.3) is 0 Å². The first-order valence-electron chi connectivity index (χ1n) is 26.5. The summed E-state index contributed by atoms with van der Waals surface area (Å²) in [6, 6.07) is 0. The normalized spacial score (nSPS) is 12.8. The molecule has 3 atom stereocenters. The third-order valence-electron chi connectivity index (χ3n) is 12.9. The summed E-state index contributed by atoms with van der Waals surface area (Å²) >= 11 is 0. The fourth-order valence-corrected chi connectivity index (χ4v) is 8.36. The van der Waals surface area contributed by atoms with Gasteiger partial charge < -0.3 is 41.5 Å². The Morgan fingerprint density at radius 1 is 0.508 bits per heavy atom. The minimum atomic E-state index is -1.16. The molecule has 0 aliphatic rings. The van der Waals surface area contributed by atoms with Gasteiger partial charge in [-0.1, -0.05) is 170 Å². The van der Waals surface area contributed by atoms with E-state index in [9.17, 15) is 29.1 Å². The molecule has 14 heteroatoms. The van der Waals surface area contributed by atoms with Crippen LogP contribution in [0.1, 0.15) is 196 Å². The number of primary amides is 1. The van der Waals surface area contributed by atoms with Crippen molar-refractivity contribution in [2.45, 2.75) is 202 Å². The standard InChI is InChI=1S/C51H102N8O6/c1-8-14-18-20-22-24-26-28-34-56(48(62)40-55(7)47(61)36-54-33-32-52)42-51(65)59(38-45(13-6)31-17-11-4)43-49(63)57(35-29-27-25-23-21-19-15-9-2)41-50(64)58(39-46(53)60)37-44(12-5)30-16-10-3/h44-45,49,54,63H,8-43,52H2,1-7H3,(H2,53,60). The molecular weight excluding hydrogens is 821 g/mol. The van der Waals surface area contributed by atoms with Gasteiger partial charge in [0.1, 0.15) is 6.23 Å². The average molecular weight is 923 g/mol. The zero-order valence-electron chi connectivity index (χ0n) is 43.1. The van der Waals surface area contributed by atoms with E-state index in [-0.39, 0.29) is 74.7 Å². The van der Waals surface area contributed by atoms with Crippen LogP contribution in [-0.4, -0.2) is 151 Å². The van der Waals surface area contributed by atoms with Crippen molar-refractivity contribution in [3.05, 3.63) is 0 Å². The number of aliphatic hydroxyl groups is 1. The number of nitrogens with one attached hydrogen (secondary N) is 1. The molecule has 0 radical (unpaired) electrons. The Hall–Kier alpha value is -2.81. The lowest BCUT2D eigenvalue weighted by Crippen LogP contribution is -2.54. The van der Waals surface area contributed by atoms with Gasteiger partial charge in [0.05, 0.1) is 39.3 Å². The van der Waals surface area contributed by atoms with E-state index >= 15 is 0 Å². The molecule has 0 saturated heterocycles. The lowest BCUT2D eigenvalue weighted by molar-refractivity contribution is -0.146. The summed E-state index contributed by atoms with van der Waals surface area (Å²) < 4.78 is 0. The molecular formula is C51H102N8O6. The molecule has 382 valence electrons. The Morgan fingerprint density at radius 2 is 0.954 bits per heavy atom. The Balaban J connectivity index is 6.62. The summed E-state index contributed by atoms with van der Waals surface area (Å²) in [6.45, 7) is 14.9. The van der Waals surface area contributed by atoms with Crippen LogP contribution in [0.3, 0.4) is 0 Å². The molecule has 14 nitrogen and oxygen atoms in total. The van der Waals surface area contributed by atoms with Crippen LogP contribution in [-0.2, 0) is 24.0 Å². The highest BCUT2D eigenvalue weighted by atomic mass is 16.3. The van der Waals surface area contributed by atoms with Crippen LogP contribution in [0.2, 0.25) is 0 Å². The molecule has 0 aromatic heterocycles. The molecule has 0 aliphatic heterocycles. The number of carbonyl (C=O) groups excluding carboxylic acids is 5. The van der Waals surface area contributed by atoms with Crippen molar-refractivity contribution in [2.24, 2.45) is 23.3 Å². The van der Waals surface area contributed by atoms with E-state index < -0.39 is 12.1 Å². The maximum absolute atomic E-state index is 14.6. The van der Waals surface area contributed by atoms with Crippen molar-refractivity contribution in [3.8, 4) is 0 Å². The first-order chi connectivity index (χ1) is 31.3. The Bertz CT molecular complexity index is 1230. The van der Waals surface area contributed by atoms with Gasteiger partial charge in [-0.05, 0) is 37.5 Å². The maximum atomic E-state index is 14.6. The molecule has 0 fully saturated rings. The van der Waals surface area contributed by atoms with Gasteiger partial charge in [0, 0.05) is 46.3 Å². The number of aliphatic hydroxyl groups excluding tert-OH is 1. The summed E-state index contributed by atoms with van der Waals surface area (Å²) in [4.78, 5) is 76.0. The highest BCUT2D eigenvalue weighted by Gasteiger charge is 2.30. The monoisotopic (exact) mass is 923 g/mol. The Morgan fingerprint density at radius 3 is 1.43 bits per heavy atom. The minimum absolute atomic E-state index is 0.0271. The molecule has 0 heterocycles. The molecule has 0 aliphatic carbocycles. The third-order valence-corrected chi connectivity index (χ3v) is 12.9. The summed E-state index contributed by atoms with van der Waals surface area (Å²) in [5.74, 6) is -1.20. The molecule has 3 unspecified atom stereocenters. The second-order valence-corrected chi connectivity index (χ2v) is 18.8. The molecule has 0 spiro atoms. The number of likely N-dealkylation sites (N-methyl/N-ethyl adjacent to an activating group) is 1. The number of hydrogen-bond donors (Lipinski definition) is 4. The minimum Gasteiger partial charge on any atom is -0.376 e. The van der Waals surface area contributed by atoms with Crippen LogP contribution in [0, 0.1) is 11.8 Å². The van der Waals surface area contributed by atoms with Crippen LogP contribution < -0.4 is 16.8 Å². The summed E-state index contributed by atoms with van der Waals surface area (Å²) in [5, 5.41) is 15.2. The largest absolute Gasteiger partial charge is 0.376 e. The number of amides is 5. The number of nitrogens with two attached hydrogens (primary N) is 2. The molecule has 0 aromatic carbocycles. The smallest absolute Gasteiger partial charge is 0.242 e. The molecule has 0 saturated carbocycles. The Labute approximate surface area is 398 Å². The van der Waals surface area contributed by atoms with Crippen molar-refractivity contribution < 1.29 is 29.1 Å². The number of hydrogen-bond acceptors (Lipinski definition) is 9. The first-order valence-corrected chi connectivity index (χ1v) is 26.5. The summed E-state index contributed by atoms with van der Waals surface area (Å²) in [6.07, 6.45) is 24.1. The predicted octanol–water partition coefficient (Wildman–Crippen LogP) is 7.30. The van der Waals surface area contributed by atoms with Gasteiger partial charge in [0.15, 0.2) is 0 Å². The van der Waals surface area contributed by atoms with Crippen LogP contribution >= 0.6 is 0 Å². The zero-order chi connectivity index (χ0) is 48.7. The summed E-state index contributed by atoms with van der Waals surface area (Å²) in [7, 11) is 1.60. The number of nitrogens with zero attached hydrogens (tertiary/aromatic N) is 5. The van der Waals surface area contributed by atoms with E-state index in [2.05, 4.69) is 46.9 Å². The number of rotatable bonds is 45. The molecule has 0 bridgehead atoms. The van der Waals surface area contributed by atoms with Gasteiger partial charge in [-0.25, -0.2) is 0 Å². The highest BCUT2D eigenvalue weighted by molar-refractivity contribution is 5.89. The lowest BCUT2D eigenvalue weighted by atomic mass is 9.98. The fourth-order valence-electron chi connectivity index (χ4n) is 8.36. The SMILES string of the molecule is CCCCCCCCCCN(CC(=O)N(CC(CC)CCCC)CC(O)N(CCCCCCCCCC)CC(=O)N(CC(N)=O)CC(CC)CCCC)C(=O)CN(C)C(=O)CNCCN. The van der Waals surface area contributed by atoms with Crippen LogP contribution in [0.4, 0.5) is 0 Å². The third kappa shape index (κ3) is 31.7. The van der Waals surface area contributed by atoms with Crippen molar-refractivity contribution >= 4 is 29.5 Å². The fraction of sp³-hybridized carbons (Fsp3) is 0.902. The van der Waals surface area contributed by atoms with Crippen molar-refractivity contribution in [1.82, 2.24) is 29.8 Å². The predicted molar refractivity (Wildman–Crippen MR) is 268 cm³/mol. The van der Waals surface area contributed by atoms with Gasteiger partial charge in [0.2, 0.25) is 29.5 Å². The van der Waals surface area contributed by atoms with Crippen molar-refractivity contribution in [3.63, 3.8) is 0 Å². The lowest BCUT2D eigenvalue weighted by Gasteiger charge is -2.36. The van der Waals surface area contributed by atoms with Crippen LogP contribution in [0.15, 0.2) is 0 Å². The van der Waals surface area contributed by atoms with E-state index in [4.69, 9.17) is 11.5 Å². The van der Waals surface area contributed by atoms with Gasteiger partial charge in [-0.2, -0.15) is 0 Å². The average Bonchev–Trinajstić information content (AvgIpc) is 3.28. The molecule has 0 rings (SSSR count). The van der Waals surface area contributed by atoms with Crippen molar-refractivity contribution in [2.75, 3.05) is 85.6 Å². The second-order valence-electron chi connectivity index (χ2n) is 18.8. The van der Waals surface area contributed by atoms with Gasteiger partial charge in [-0.3, -0.25) is 28.9 Å². The quantitative estimate of drug-likeness (QED) is 0.0360. The zero-order valence-corrected chi connectivity index (χ0v) is 43.1. The second kappa shape index (κ2) is 41.4. The van der Waals surface area contributed by atoms with E-state index in [0.29, 0.717) is 39.3 Å². The van der Waals surface area contributed by atoms with E-state index in [0.717, 1.165) is 103 Å². The van der Waals surface area contributed by atoms with Gasteiger partial charge in [-0.15, -0.1) is 0 Å². The van der Waals surface area contributed by atoms with Crippen LogP contribution in [0.5, 0.6) is 0 Å². The Kier molecular flexibility index (Phi) is 39.6. The van der Waals surface area contributed by atoms with Gasteiger partial charge in [0.25, 0.3) is 0 Å². The topological polar surface area (TPSA) is 186 Å². The van der Waals surface area contributed by atoms with Gasteiger partial charge >= 0.3 is 0 Å². The molecule has 5 amide bonds. The maximum Gasteiger partial charge on any atom is 0.242 e. The number of unbranched alkanes of at least 4 members (excludes halogenated alkanes) is 16. The molecule has 6 N–H and O–H groups in total. The van der Waals surface area contributed by atoms with E-state index in [1.807, 2.05) is 0 Å². The highest BCUT2D eigenvalue weighted by Crippen LogP contribution is 2.19. The molecule has 65 heavy (non-hydrogen) atoms. The van der Waals surface area contributed by atoms with Crippen molar-refractivity contribution in [1.29, 1.82) is 0 Å². The van der Waals surface area contributed by atoms with E-state index in [1.165, 1.54) is 56.3 Å². The molecule has 0 aromatic rings. The summed E-state index contributed by atoms with van der Waals surface area (Å²) in [5.41, 5.74) is 11.3. The number of carbonyl (C=O) groups is 5. The van der Waals surface area contributed by atoms with E-state index in [1.54, 1.807) is 26.6 Å².